The number of piperidine rings is 1. The number of benzene rings is 1. The van der Waals surface area contributed by atoms with Crippen LogP contribution in [-0.4, -0.2) is 48.6 Å². The van der Waals surface area contributed by atoms with Gasteiger partial charge in [0.05, 0.1) is 0 Å². The van der Waals surface area contributed by atoms with Crippen LogP contribution in [0.4, 0.5) is 11.4 Å². The van der Waals surface area contributed by atoms with E-state index in [0.29, 0.717) is 11.5 Å². The quantitative estimate of drug-likeness (QED) is 0.577. The van der Waals surface area contributed by atoms with E-state index in [1.165, 1.54) is 19.5 Å². The van der Waals surface area contributed by atoms with E-state index in [4.69, 9.17) is 12.2 Å². The van der Waals surface area contributed by atoms with Crippen LogP contribution in [-0.2, 0) is 4.79 Å². The molecule has 0 spiro atoms. The van der Waals surface area contributed by atoms with Gasteiger partial charge in [-0.3, -0.25) is 4.79 Å². The van der Waals surface area contributed by atoms with Crippen molar-refractivity contribution in [3.05, 3.63) is 24.3 Å². The normalized spacial score (nSPS) is 23.5. The topological polar surface area (TPSA) is 47.6 Å². The lowest BCUT2D eigenvalue weighted by atomic mass is 9.92. The molecule has 0 aliphatic carbocycles. The van der Waals surface area contributed by atoms with Gasteiger partial charge >= 0.3 is 0 Å². The number of rotatable bonds is 6. The van der Waals surface area contributed by atoms with Crippen molar-refractivity contribution < 1.29 is 4.79 Å². The number of likely N-dealkylation sites (tertiary alicyclic amines) is 1. The molecule has 2 N–H and O–H groups in total. The molecule has 1 amide bonds. The first kappa shape index (κ1) is 20.1. The van der Waals surface area contributed by atoms with Crippen molar-refractivity contribution in [2.24, 2.45) is 11.8 Å². The molecule has 1 aromatic rings. The maximum absolute atomic E-state index is 11.9. The fourth-order valence-electron chi connectivity index (χ4n) is 4.33. The molecule has 3 rings (SSSR count). The summed E-state index contributed by atoms with van der Waals surface area (Å²) in [5.74, 6) is 1.81. The third-order valence-corrected chi connectivity index (χ3v) is 5.62. The highest BCUT2D eigenvalue weighted by Gasteiger charge is 2.22. The Kier molecular flexibility index (Phi) is 7.07. The van der Waals surface area contributed by atoms with Gasteiger partial charge in [-0.25, -0.2) is 0 Å². The molecule has 0 aromatic heterocycles. The van der Waals surface area contributed by atoms with E-state index < -0.39 is 0 Å². The fraction of sp³-hybridized carbons (Fsp3) is 0.619. The summed E-state index contributed by atoms with van der Waals surface area (Å²) in [5, 5.41) is 7.19. The number of hydrogen-bond donors (Lipinski definition) is 2. The van der Waals surface area contributed by atoms with Crippen LogP contribution in [0.1, 0.15) is 39.5 Å². The molecule has 0 unspecified atom stereocenters. The number of thiocarbonyl (C=S) groups is 1. The Morgan fingerprint density at radius 2 is 2.04 bits per heavy atom. The number of carbonyl (C=O) groups is 1. The van der Waals surface area contributed by atoms with E-state index in [1.54, 1.807) is 0 Å². The molecule has 2 saturated heterocycles. The Morgan fingerprint density at radius 3 is 2.74 bits per heavy atom. The van der Waals surface area contributed by atoms with Gasteiger partial charge in [0, 0.05) is 44.0 Å². The van der Waals surface area contributed by atoms with Crippen LogP contribution in [0.2, 0.25) is 0 Å². The highest BCUT2D eigenvalue weighted by atomic mass is 32.1. The number of carbonyl (C=O) groups excluding carboxylic acids is 1. The van der Waals surface area contributed by atoms with Gasteiger partial charge in [-0.1, -0.05) is 19.9 Å². The summed E-state index contributed by atoms with van der Waals surface area (Å²) in [6.07, 6.45) is 4.02. The van der Waals surface area contributed by atoms with E-state index in [-0.39, 0.29) is 5.91 Å². The van der Waals surface area contributed by atoms with Crippen molar-refractivity contribution in [2.75, 3.05) is 42.9 Å². The Bertz CT molecular complexity index is 655. The van der Waals surface area contributed by atoms with Crippen molar-refractivity contribution in [1.29, 1.82) is 0 Å². The molecule has 27 heavy (non-hydrogen) atoms. The Hall–Kier alpha value is -1.66. The molecule has 2 aliphatic heterocycles. The predicted octanol–water partition coefficient (Wildman–Crippen LogP) is 3.47. The average molecular weight is 389 g/mol. The zero-order chi connectivity index (χ0) is 19.2. The van der Waals surface area contributed by atoms with Gasteiger partial charge < -0.3 is 20.4 Å². The molecule has 0 radical (unpaired) electrons. The minimum Gasteiger partial charge on any atom is -0.362 e. The fourth-order valence-corrected chi connectivity index (χ4v) is 4.55. The van der Waals surface area contributed by atoms with Crippen LogP contribution in [0.15, 0.2) is 24.3 Å². The highest BCUT2D eigenvalue weighted by Crippen LogP contribution is 2.24. The van der Waals surface area contributed by atoms with E-state index in [9.17, 15) is 4.79 Å². The first-order chi connectivity index (χ1) is 13.0. The second-order valence-corrected chi connectivity index (χ2v) is 8.55. The van der Waals surface area contributed by atoms with Gasteiger partial charge in [-0.15, -0.1) is 0 Å². The van der Waals surface area contributed by atoms with Crippen molar-refractivity contribution in [3.8, 4) is 0 Å². The monoisotopic (exact) mass is 388 g/mol. The van der Waals surface area contributed by atoms with Gasteiger partial charge in [-0.2, -0.15) is 0 Å². The summed E-state index contributed by atoms with van der Waals surface area (Å²) >= 11 is 5.43. The van der Waals surface area contributed by atoms with Crippen molar-refractivity contribution in [1.82, 2.24) is 10.2 Å². The van der Waals surface area contributed by atoms with Crippen molar-refractivity contribution in [2.45, 2.75) is 39.5 Å². The zero-order valence-electron chi connectivity index (χ0n) is 16.5. The zero-order valence-corrected chi connectivity index (χ0v) is 17.4. The van der Waals surface area contributed by atoms with Gasteiger partial charge in [0.15, 0.2) is 5.11 Å². The van der Waals surface area contributed by atoms with Crippen molar-refractivity contribution in [3.63, 3.8) is 0 Å². The minimum atomic E-state index is 0.203. The molecule has 2 aliphatic rings. The lowest BCUT2D eigenvalue weighted by molar-refractivity contribution is -0.117. The van der Waals surface area contributed by atoms with E-state index in [2.05, 4.69) is 29.4 Å². The number of hydrogen-bond acceptors (Lipinski definition) is 3. The maximum Gasteiger partial charge on any atom is 0.227 e. The summed E-state index contributed by atoms with van der Waals surface area (Å²) in [5.41, 5.74) is 1.86. The summed E-state index contributed by atoms with van der Waals surface area (Å²) in [6, 6.07) is 7.91. The van der Waals surface area contributed by atoms with Gasteiger partial charge in [0.1, 0.15) is 0 Å². The van der Waals surface area contributed by atoms with Gasteiger partial charge in [0.2, 0.25) is 5.91 Å². The Balaban J connectivity index is 1.40. The molecular weight excluding hydrogens is 356 g/mol. The van der Waals surface area contributed by atoms with Crippen LogP contribution in [0.3, 0.4) is 0 Å². The maximum atomic E-state index is 11.9. The SMILES string of the molecule is C[C@H]1C[C@H](C)CN(CCCNC(=S)Nc2cccc(N3CCCC3=O)c2)C1. The van der Waals surface area contributed by atoms with E-state index in [0.717, 1.165) is 55.7 Å². The van der Waals surface area contributed by atoms with Crippen LogP contribution in [0.25, 0.3) is 0 Å². The Morgan fingerprint density at radius 1 is 1.26 bits per heavy atom. The number of nitrogens with zero attached hydrogens (tertiary/aromatic N) is 2. The molecular formula is C21H32N4OS. The molecule has 0 bridgehead atoms. The summed E-state index contributed by atoms with van der Waals surface area (Å²) < 4.78 is 0. The molecule has 2 fully saturated rings. The molecule has 2 atom stereocenters. The van der Waals surface area contributed by atoms with E-state index in [1.807, 2.05) is 29.2 Å². The van der Waals surface area contributed by atoms with Crippen LogP contribution >= 0.6 is 12.2 Å². The molecule has 148 valence electrons. The first-order valence-corrected chi connectivity index (χ1v) is 10.6. The minimum absolute atomic E-state index is 0.203. The molecule has 0 saturated carbocycles. The van der Waals surface area contributed by atoms with Crippen molar-refractivity contribution >= 4 is 34.6 Å². The van der Waals surface area contributed by atoms with Crippen LogP contribution < -0.4 is 15.5 Å². The van der Waals surface area contributed by atoms with E-state index >= 15 is 0 Å². The first-order valence-electron chi connectivity index (χ1n) is 10.2. The van der Waals surface area contributed by atoms with Crippen LogP contribution in [0, 0.1) is 11.8 Å². The number of amides is 1. The Labute approximate surface area is 168 Å². The smallest absolute Gasteiger partial charge is 0.227 e. The molecule has 6 heteroatoms. The predicted molar refractivity (Wildman–Crippen MR) is 116 cm³/mol. The second-order valence-electron chi connectivity index (χ2n) is 8.14. The number of anilines is 2. The lowest BCUT2D eigenvalue weighted by Crippen LogP contribution is -2.40. The largest absolute Gasteiger partial charge is 0.362 e. The molecule has 2 heterocycles. The summed E-state index contributed by atoms with van der Waals surface area (Å²) in [4.78, 5) is 16.3. The highest BCUT2D eigenvalue weighted by molar-refractivity contribution is 7.80. The second kappa shape index (κ2) is 9.51. The van der Waals surface area contributed by atoms with Crippen LogP contribution in [0.5, 0.6) is 0 Å². The summed E-state index contributed by atoms with van der Waals surface area (Å²) in [6.45, 7) is 9.93. The van der Waals surface area contributed by atoms with Gasteiger partial charge in [0.25, 0.3) is 0 Å². The van der Waals surface area contributed by atoms with Gasteiger partial charge in [-0.05, 0) is 68.1 Å². The third kappa shape index (κ3) is 5.91. The average Bonchev–Trinajstić information content (AvgIpc) is 3.04. The molecule has 1 aromatic carbocycles. The standard InChI is InChI=1S/C21H32N4OS/c1-16-12-17(2)15-24(14-16)10-5-9-22-21(27)23-18-6-3-7-19(13-18)25-11-4-8-20(25)26/h3,6-7,13,16-17H,4-5,8-12,14-15H2,1-2H3,(H2,22,23,27)/t16-,17-/m0/s1. The number of nitrogens with one attached hydrogen (secondary N) is 2. The third-order valence-electron chi connectivity index (χ3n) is 5.37. The molecule has 5 nitrogen and oxygen atoms in total. The lowest BCUT2D eigenvalue weighted by Gasteiger charge is -2.35. The summed E-state index contributed by atoms with van der Waals surface area (Å²) in [7, 11) is 0.